The van der Waals surface area contributed by atoms with Crippen LogP contribution in [0.25, 0.3) is 16.3 Å². The zero-order valence-electron chi connectivity index (χ0n) is 8.63. The predicted octanol–water partition coefficient (Wildman–Crippen LogP) is 2.68. The Morgan fingerprint density at radius 1 is 1.25 bits per heavy atom. The van der Waals surface area contributed by atoms with Crippen molar-refractivity contribution < 1.29 is 9.47 Å². The van der Waals surface area contributed by atoms with Crippen molar-refractivity contribution in [2.75, 3.05) is 13.2 Å². The van der Waals surface area contributed by atoms with Gasteiger partial charge in [-0.3, -0.25) is 0 Å². The first kappa shape index (κ1) is 9.96. The molecule has 0 saturated carbocycles. The van der Waals surface area contributed by atoms with E-state index in [1.54, 1.807) is 11.3 Å². The molecule has 2 heterocycles. The van der Waals surface area contributed by atoms with E-state index in [0.717, 1.165) is 10.5 Å². The molecule has 0 N–H and O–H groups in total. The number of aromatic nitrogens is 1. The van der Waals surface area contributed by atoms with Gasteiger partial charge in [0.2, 0.25) is 0 Å². The second kappa shape index (κ2) is 4.33. The third-order valence-corrected chi connectivity index (χ3v) is 3.36. The second-order valence-corrected chi connectivity index (χ2v) is 4.55. The topological polar surface area (TPSA) is 31.4 Å². The molecule has 3 nitrogen and oxygen atoms in total. The quantitative estimate of drug-likeness (QED) is 0.799. The molecule has 1 aliphatic heterocycles. The van der Waals surface area contributed by atoms with Crippen LogP contribution in [0.1, 0.15) is 5.01 Å². The Morgan fingerprint density at radius 2 is 2.06 bits per heavy atom. The second-order valence-electron chi connectivity index (χ2n) is 3.49. The molecule has 16 heavy (non-hydrogen) atoms. The van der Waals surface area contributed by atoms with Gasteiger partial charge in [-0.15, -0.1) is 11.3 Å². The van der Waals surface area contributed by atoms with Crippen molar-refractivity contribution >= 4 is 27.6 Å². The fourth-order valence-electron chi connectivity index (χ4n) is 1.61. The normalized spacial score (nSPS) is 17.8. The fourth-order valence-corrected chi connectivity index (χ4v) is 2.49. The lowest BCUT2D eigenvalue weighted by Crippen LogP contribution is -2.01. The largest absolute Gasteiger partial charge is 0.347 e. The van der Waals surface area contributed by atoms with Crippen LogP contribution in [0.2, 0.25) is 0 Å². The number of nitrogens with zero attached hydrogens (tertiary/aromatic N) is 1. The molecule has 3 rings (SSSR count). The zero-order valence-corrected chi connectivity index (χ0v) is 9.44. The summed E-state index contributed by atoms with van der Waals surface area (Å²) in [5, 5.41) is 0.986. The summed E-state index contributed by atoms with van der Waals surface area (Å²) in [5.74, 6) is 0. The number of benzene rings is 1. The lowest BCUT2D eigenvalue weighted by molar-refractivity contribution is -0.000907. The molecule has 0 bridgehead atoms. The molecule has 0 unspecified atom stereocenters. The van der Waals surface area contributed by atoms with Gasteiger partial charge in [-0.1, -0.05) is 12.1 Å². The standard InChI is InChI=1S/C12H11NO2S/c1-2-4-10-9(3-1)13-11(16-10)5-6-12-14-7-8-15-12/h1-6,12H,7-8H2/b6-5+. The molecule has 0 amide bonds. The number of thiazole rings is 1. The van der Waals surface area contributed by atoms with Crippen LogP contribution in [0, 0.1) is 0 Å². The van der Waals surface area contributed by atoms with Gasteiger partial charge >= 0.3 is 0 Å². The van der Waals surface area contributed by atoms with Crippen molar-refractivity contribution in [3.63, 3.8) is 0 Å². The molecule has 0 radical (unpaired) electrons. The number of ether oxygens (including phenoxy) is 2. The summed E-state index contributed by atoms with van der Waals surface area (Å²) in [7, 11) is 0. The summed E-state index contributed by atoms with van der Waals surface area (Å²) in [6.45, 7) is 1.35. The van der Waals surface area contributed by atoms with E-state index in [1.807, 2.05) is 30.4 Å². The van der Waals surface area contributed by atoms with Gasteiger partial charge in [-0.25, -0.2) is 4.98 Å². The third-order valence-electron chi connectivity index (χ3n) is 2.35. The lowest BCUT2D eigenvalue weighted by Gasteiger charge is -1.99. The summed E-state index contributed by atoms with van der Waals surface area (Å²) in [5.41, 5.74) is 1.04. The average molecular weight is 233 g/mol. The Labute approximate surface area is 97.3 Å². The van der Waals surface area contributed by atoms with Gasteiger partial charge in [-0.2, -0.15) is 0 Å². The minimum Gasteiger partial charge on any atom is -0.347 e. The van der Waals surface area contributed by atoms with Gasteiger partial charge in [0, 0.05) is 0 Å². The fraction of sp³-hybridized carbons (Fsp3) is 0.250. The molecular weight excluding hydrogens is 222 g/mol. The van der Waals surface area contributed by atoms with E-state index in [-0.39, 0.29) is 6.29 Å². The third kappa shape index (κ3) is 2.00. The maximum Gasteiger partial charge on any atom is 0.177 e. The molecule has 1 aromatic carbocycles. The molecule has 0 spiro atoms. The van der Waals surface area contributed by atoms with Crippen molar-refractivity contribution in [1.29, 1.82) is 0 Å². The van der Waals surface area contributed by atoms with E-state index in [4.69, 9.17) is 9.47 Å². The van der Waals surface area contributed by atoms with Crippen LogP contribution in [-0.2, 0) is 9.47 Å². The molecule has 1 aliphatic rings. The molecule has 0 atom stereocenters. The van der Waals surface area contributed by atoms with Crippen LogP contribution < -0.4 is 0 Å². The summed E-state index contributed by atoms with van der Waals surface area (Å²) in [6.07, 6.45) is 3.66. The molecule has 4 heteroatoms. The van der Waals surface area contributed by atoms with Crippen molar-refractivity contribution in [2.24, 2.45) is 0 Å². The van der Waals surface area contributed by atoms with E-state index in [0.29, 0.717) is 13.2 Å². The van der Waals surface area contributed by atoms with E-state index >= 15 is 0 Å². The monoisotopic (exact) mass is 233 g/mol. The Morgan fingerprint density at radius 3 is 2.88 bits per heavy atom. The molecule has 0 aliphatic carbocycles. The maximum atomic E-state index is 5.32. The van der Waals surface area contributed by atoms with Crippen molar-refractivity contribution in [3.05, 3.63) is 35.3 Å². The zero-order chi connectivity index (χ0) is 10.8. The van der Waals surface area contributed by atoms with Gasteiger partial charge in [0.05, 0.1) is 23.4 Å². The Balaban J connectivity index is 1.83. The summed E-state index contributed by atoms with van der Waals surface area (Å²) < 4.78 is 11.8. The number of hydrogen-bond donors (Lipinski definition) is 0. The van der Waals surface area contributed by atoms with Gasteiger partial charge in [0.1, 0.15) is 5.01 Å². The van der Waals surface area contributed by atoms with Crippen LogP contribution >= 0.6 is 11.3 Å². The molecule has 82 valence electrons. The smallest absolute Gasteiger partial charge is 0.177 e. The van der Waals surface area contributed by atoms with Crippen LogP contribution in [0.3, 0.4) is 0 Å². The predicted molar refractivity (Wildman–Crippen MR) is 64.3 cm³/mol. The van der Waals surface area contributed by atoms with Gasteiger partial charge in [-0.05, 0) is 24.3 Å². The van der Waals surface area contributed by atoms with Crippen molar-refractivity contribution in [3.8, 4) is 0 Å². The first-order valence-electron chi connectivity index (χ1n) is 5.19. The first-order chi connectivity index (χ1) is 7.92. The first-order valence-corrected chi connectivity index (χ1v) is 6.00. The Kier molecular flexibility index (Phi) is 2.70. The highest BCUT2D eigenvalue weighted by atomic mass is 32.1. The summed E-state index contributed by atoms with van der Waals surface area (Å²) in [4.78, 5) is 4.49. The summed E-state index contributed by atoms with van der Waals surface area (Å²) >= 11 is 1.67. The van der Waals surface area contributed by atoms with E-state index in [2.05, 4.69) is 11.1 Å². The number of rotatable bonds is 2. The highest BCUT2D eigenvalue weighted by Crippen LogP contribution is 2.22. The van der Waals surface area contributed by atoms with Crippen LogP contribution in [0.4, 0.5) is 0 Å². The molecular formula is C12H11NO2S. The van der Waals surface area contributed by atoms with Crippen molar-refractivity contribution in [1.82, 2.24) is 4.98 Å². The molecule has 1 fully saturated rings. The van der Waals surface area contributed by atoms with Crippen LogP contribution in [0.5, 0.6) is 0 Å². The highest BCUT2D eigenvalue weighted by Gasteiger charge is 2.11. The van der Waals surface area contributed by atoms with Gasteiger partial charge < -0.3 is 9.47 Å². The Bertz CT molecular complexity index is 481. The molecule has 2 aromatic rings. The van der Waals surface area contributed by atoms with E-state index in [9.17, 15) is 0 Å². The van der Waals surface area contributed by atoms with E-state index < -0.39 is 0 Å². The van der Waals surface area contributed by atoms with Crippen molar-refractivity contribution in [2.45, 2.75) is 6.29 Å². The minimum atomic E-state index is -0.202. The number of para-hydroxylation sites is 1. The van der Waals surface area contributed by atoms with E-state index in [1.165, 1.54) is 4.70 Å². The van der Waals surface area contributed by atoms with Gasteiger partial charge in [0.25, 0.3) is 0 Å². The summed E-state index contributed by atoms with van der Waals surface area (Å²) in [6, 6.07) is 8.12. The average Bonchev–Trinajstić information content (AvgIpc) is 2.95. The lowest BCUT2D eigenvalue weighted by atomic mass is 10.3. The highest BCUT2D eigenvalue weighted by molar-refractivity contribution is 7.19. The SMILES string of the molecule is C(=C\C1OCCO1)/c1nc2ccccc2s1. The maximum absolute atomic E-state index is 5.32. The Hall–Kier alpha value is -1.23. The minimum absolute atomic E-state index is 0.202. The van der Waals surface area contributed by atoms with Crippen LogP contribution in [-0.4, -0.2) is 24.5 Å². The molecule has 1 aromatic heterocycles. The number of hydrogen-bond acceptors (Lipinski definition) is 4. The number of fused-ring (bicyclic) bond motifs is 1. The van der Waals surface area contributed by atoms with Gasteiger partial charge in [0.15, 0.2) is 6.29 Å². The molecule has 1 saturated heterocycles. The van der Waals surface area contributed by atoms with Crippen LogP contribution in [0.15, 0.2) is 30.3 Å².